The predicted molar refractivity (Wildman–Crippen MR) is 206 cm³/mol. The molecule has 2 saturated heterocycles. The highest BCUT2D eigenvalue weighted by atomic mass is 16.5. The van der Waals surface area contributed by atoms with Crippen LogP contribution >= 0.6 is 0 Å². The lowest BCUT2D eigenvalue weighted by atomic mass is 9.88. The van der Waals surface area contributed by atoms with E-state index in [1.807, 2.05) is 30.3 Å². The van der Waals surface area contributed by atoms with Gasteiger partial charge in [0.15, 0.2) is 0 Å². The molecule has 3 amide bonds. The van der Waals surface area contributed by atoms with Crippen molar-refractivity contribution < 1.29 is 24.2 Å². The number of benzene rings is 4. The number of nitrogens with one attached hydrogen (secondary N) is 1. The number of phenolic OH excluding ortho intramolecular Hbond substituents is 1. The minimum atomic E-state index is -0.589. The fraction of sp³-hybridized carbons (Fsp3) is 0.341. The Labute approximate surface area is 311 Å². The van der Waals surface area contributed by atoms with Crippen molar-refractivity contribution in [1.82, 2.24) is 20.0 Å². The molecular weight excluding hydrogens is 665 g/mol. The molecule has 2 fully saturated rings. The van der Waals surface area contributed by atoms with Crippen LogP contribution in [-0.2, 0) is 22.6 Å². The monoisotopic (exact) mass is 712 g/mol. The summed E-state index contributed by atoms with van der Waals surface area (Å²) in [5.74, 6) is 0.326. The standard InChI is InChI=1S/C44H48N4O5/c1-2-38(32-7-4-3-5-8-32)42(33-10-14-36(49)15-11-33)34-12-16-37(17-13-34)53-28-27-47-23-6-22-46(25-26-47)24-21-31-9-18-39-35(29-31)30-48(44(39)52)40-19-20-41(50)45-43(40)51/h3-5,7-18,29,40,49H,2,6,19-28,30H2,1H3,(H,45,50,51)/b42-38-. The first-order valence-electron chi connectivity index (χ1n) is 18.9. The summed E-state index contributed by atoms with van der Waals surface area (Å²) in [6.45, 7) is 9.09. The van der Waals surface area contributed by atoms with Crippen LogP contribution in [0.15, 0.2) is 97.1 Å². The molecule has 0 aromatic heterocycles. The normalized spacial score (nSPS) is 18.7. The molecule has 0 saturated carbocycles. The SMILES string of the molecule is CC/C(=C(\c1ccc(O)cc1)c1ccc(OCCN2CCCN(CCc3ccc4c(c3)CN(C3CCC(=O)NC3=O)C4=O)CC2)cc1)c1ccccc1. The summed E-state index contributed by atoms with van der Waals surface area (Å²) in [5, 5.41) is 12.3. The summed E-state index contributed by atoms with van der Waals surface area (Å²) in [5.41, 5.74) is 8.58. The molecule has 3 aliphatic heterocycles. The number of piperidine rings is 1. The summed E-state index contributed by atoms with van der Waals surface area (Å²) < 4.78 is 6.24. The third-order valence-corrected chi connectivity index (χ3v) is 10.7. The summed E-state index contributed by atoms with van der Waals surface area (Å²) in [7, 11) is 0. The van der Waals surface area contributed by atoms with Gasteiger partial charge >= 0.3 is 0 Å². The lowest BCUT2D eigenvalue weighted by Gasteiger charge is -2.29. The quantitative estimate of drug-likeness (QED) is 0.134. The number of rotatable bonds is 12. The molecule has 0 radical (unpaired) electrons. The third-order valence-electron chi connectivity index (χ3n) is 10.7. The summed E-state index contributed by atoms with van der Waals surface area (Å²) >= 11 is 0. The second-order valence-corrected chi connectivity index (χ2v) is 14.2. The highest BCUT2D eigenvalue weighted by molar-refractivity contribution is 6.05. The molecule has 3 aliphatic rings. The zero-order valence-corrected chi connectivity index (χ0v) is 30.4. The Morgan fingerprint density at radius 2 is 1.51 bits per heavy atom. The average molecular weight is 713 g/mol. The van der Waals surface area contributed by atoms with Crippen molar-refractivity contribution in [2.75, 3.05) is 45.9 Å². The van der Waals surface area contributed by atoms with Gasteiger partial charge < -0.3 is 19.6 Å². The zero-order valence-electron chi connectivity index (χ0n) is 30.4. The maximum Gasteiger partial charge on any atom is 0.255 e. The summed E-state index contributed by atoms with van der Waals surface area (Å²) in [4.78, 5) is 43.7. The molecule has 0 bridgehead atoms. The van der Waals surface area contributed by atoms with Gasteiger partial charge in [-0.1, -0.05) is 73.7 Å². The largest absolute Gasteiger partial charge is 0.508 e. The number of ether oxygens (including phenoxy) is 1. The van der Waals surface area contributed by atoms with E-state index >= 15 is 0 Å². The van der Waals surface area contributed by atoms with E-state index in [1.165, 1.54) is 16.7 Å². The van der Waals surface area contributed by atoms with Gasteiger partial charge in [-0.25, -0.2) is 0 Å². The van der Waals surface area contributed by atoms with E-state index in [0.717, 1.165) is 86.5 Å². The van der Waals surface area contributed by atoms with Gasteiger partial charge in [0.1, 0.15) is 24.1 Å². The zero-order chi connectivity index (χ0) is 36.7. The molecule has 4 aromatic carbocycles. The number of carbonyl (C=O) groups is 3. The Hall–Kier alpha value is -5.25. The van der Waals surface area contributed by atoms with Gasteiger partial charge in [0, 0.05) is 44.7 Å². The van der Waals surface area contributed by atoms with Crippen LogP contribution in [0.2, 0.25) is 0 Å². The van der Waals surface area contributed by atoms with Crippen LogP contribution < -0.4 is 10.1 Å². The maximum absolute atomic E-state index is 13.1. The van der Waals surface area contributed by atoms with Gasteiger partial charge in [-0.15, -0.1) is 0 Å². The van der Waals surface area contributed by atoms with E-state index in [-0.39, 0.29) is 29.9 Å². The van der Waals surface area contributed by atoms with Crippen molar-refractivity contribution in [1.29, 1.82) is 0 Å². The van der Waals surface area contributed by atoms with Crippen LogP contribution in [0.5, 0.6) is 11.5 Å². The number of imide groups is 1. The smallest absolute Gasteiger partial charge is 0.255 e. The molecule has 1 unspecified atom stereocenters. The van der Waals surface area contributed by atoms with Crippen molar-refractivity contribution >= 4 is 28.9 Å². The fourth-order valence-electron chi connectivity index (χ4n) is 7.86. The Balaban J connectivity index is 0.898. The van der Waals surface area contributed by atoms with Crippen LogP contribution in [-0.4, -0.2) is 89.4 Å². The van der Waals surface area contributed by atoms with Gasteiger partial charge in [-0.3, -0.25) is 24.6 Å². The number of amides is 3. The Bertz CT molecular complexity index is 1960. The molecule has 9 heteroatoms. The number of nitrogens with zero attached hydrogens (tertiary/aromatic N) is 3. The van der Waals surface area contributed by atoms with Crippen molar-refractivity contribution in [3.05, 3.63) is 130 Å². The van der Waals surface area contributed by atoms with Crippen LogP contribution in [0.25, 0.3) is 11.1 Å². The first-order valence-corrected chi connectivity index (χ1v) is 18.9. The number of phenols is 1. The molecule has 1 atom stereocenters. The molecular formula is C44H48N4O5. The minimum Gasteiger partial charge on any atom is -0.508 e. The van der Waals surface area contributed by atoms with E-state index in [1.54, 1.807) is 17.0 Å². The number of hydrogen-bond acceptors (Lipinski definition) is 7. The van der Waals surface area contributed by atoms with E-state index in [2.05, 4.69) is 76.6 Å². The van der Waals surface area contributed by atoms with Crippen LogP contribution in [0.1, 0.15) is 70.8 Å². The molecule has 53 heavy (non-hydrogen) atoms. The minimum absolute atomic E-state index is 0.129. The highest BCUT2D eigenvalue weighted by Gasteiger charge is 2.39. The molecule has 9 nitrogen and oxygen atoms in total. The van der Waals surface area contributed by atoms with Gasteiger partial charge in [0.2, 0.25) is 11.8 Å². The molecule has 7 rings (SSSR count). The third kappa shape index (κ3) is 8.53. The van der Waals surface area contributed by atoms with E-state index < -0.39 is 6.04 Å². The fourth-order valence-corrected chi connectivity index (χ4v) is 7.86. The molecule has 4 aromatic rings. The summed E-state index contributed by atoms with van der Waals surface area (Å²) in [6, 6.07) is 31.8. The number of hydrogen-bond donors (Lipinski definition) is 2. The van der Waals surface area contributed by atoms with E-state index in [9.17, 15) is 19.5 Å². The van der Waals surface area contributed by atoms with Crippen LogP contribution in [0.4, 0.5) is 0 Å². The van der Waals surface area contributed by atoms with Gasteiger partial charge in [-0.2, -0.15) is 0 Å². The summed E-state index contributed by atoms with van der Waals surface area (Å²) in [6.07, 6.45) is 3.50. The highest BCUT2D eigenvalue weighted by Crippen LogP contribution is 2.36. The topological polar surface area (TPSA) is 102 Å². The van der Waals surface area contributed by atoms with Crippen molar-refractivity contribution in [2.24, 2.45) is 0 Å². The Morgan fingerprint density at radius 3 is 2.21 bits per heavy atom. The van der Waals surface area contributed by atoms with Crippen LogP contribution in [0.3, 0.4) is 0 Å². The second kappa shape index (κ2) is 16.6. The second-order valence-electron chi connectivity index (χ2n) is 14.2. The Kier molecular flexibility index (Phi) is 11.3. The molecule has 274 valence electrons. The predicted octanol–water partition coefficient (Wildman–Crippen LogP) is 6.15. The first kappa shape index (κ1) is 36.1. The number of aromatic hydroxyl groups is 1. The first-order chi connectivity index (χ1) is 25.9. The van der Waals surface area contributed by atoms with Crippen molar-refractivity contribution in [2.45, 2.75) is 51.6 Å². The van der Waals surface area contributed by atoms with E-state index in [4.69, 9.17) is 4.74 Å². The van der Waals surface area contributed by atoms with Gasteiger partial charge in [0.05, 0.1) is 0 Å². The molecule has 2 N–H and O–H groups in total. The van der Waals surface area contributed by atoms with Gasteiger partial charge in [-0.05, 0) is 108 Å². The maximum atomic E-state index is 13.1. The number of carbonyl (C=O) groups excluding carboxylic acids is 3. The van der Waals surface area contributed by atoms with Gasteiger partial charge in [0.25, 0.3) is 5.91 Å². The van der Waals surface area contributed by atoms with E-state index in [0.29, 0.717) is 25.1 Å². The number of fused-ring (bicyclic) bond motifs is 1. The molecule has 0 spiro atoms. The van der Waals surface area contributed by atoms with Crippen molar-refractivity contribution in [3.8, 4) is 11.5 Å². The lowest BCUT2D eigenvalue weighted by molar-refractivity contribution is -0.136. The molecule has 0 aliphatic carbocycles. The van der Waals surface area contributed by atoms with Crippen LogP contribution in [0, 0.1) is 0 Å². The lowest BCUT2D eigenvalue weighted by Crippen LogP contribution is -2.52. The Morgan fingerprint density at radius 1 is 0.811 bits per heavy atom. The molecule has 3 heterocycles. The number of allylic oxidation sites excluding steroid dienone is 1. The average Bonchev–Trinajstić information content (AvgIpc) is 3.32. The van der Waals surface area contributed by atoms with Crippen molar-refractivity contribution in [3.63, 3.8) is 0 Å².